The van der Waals surface area contributed by atoms with Crippen LogP contribution in [0, 0.1) is 0 Å². The minimum atomic E-state index is -0.744. The molecule has 0 aromatic heterocycles. The summed E-state index contributed by atoms with van der Waals surface area (Å²) in [6.45, 7) is 11.1. The third-order valence-corrected chi connectivity index (χ3v) is 6.82. The molecule has 1 unspecified atom stereocenters. The molecule has 1 amide bonds. The van der Waals surface area contributed by atoms with Crippen LogP contribution in [0.25, 0.3) is 5.76 Å². The molecule has 2 aromatic rings. The van der Waals surface area contributed by atoms with Crippen LogP contribution in [0.2, 0.25) is 0 Å². The van der Waals surface area contributed by atoms with Crippen LogP contribution in [0.1, 0.15) is 50.8 Å². The molecule has 1 atom stereocenters. The number of hydrogen-bond donors (Lipinski definition) is 1. The van der Waals surface area contributed by atoms with Crippen molar-refractivity contribution in [1.82, 2.24) is 4.90 Å². The Labute approximate surface area is 224 Å². The van der Waals surface area contributed by atoms with E-state index in [9.17, 15) is 14.7 Å². The van der Waals surface area contributed by atoms with Gasteiger partial charge in [0.1, 0.15) is 24.6 Å². The third-order valence-electron chi connectivity index (χ3n) is 6.82. The van der Waals surface area contributed by atoms with Gasteiger partial charge in [0.25, 0.3) is 5.91 Å². The maximum Gasteiger partial charge on any atom is 0.295 e. The number of likely N-dealkylation sites (tertiary alicyclic amines) is 1. The van der Waals surface area contributed by atoms with E-state index in [2.05, 4.69) is 0 Å². The zero-order valence-corrected chi connectivity index (χ0v) is 22.5. The highest BCUT2D eigenvalue weighted by molar-refractivity contribution is 6.46. The van der Waals surface area contributed by atoms with E-state index < -0.39 is 23.5 Å². The standard InChI is InChI=1S/C30H38N2O6/c1-4-18-37-24-10-8-23(9-11-24)28(33)26-27(22-6-12-25(13-7-22)38-21(2)3)32(30(35)29(26)34)15-5-14-31-16-19-36-20-17-31/h6-13,21,27,33H,4-5,14-20H2,1-3H3/b28-26+. The summed E-state index contributed by atoms with van der Waals surface area (Å²) < 4.78 is 16.8. The first-order valence-electron chi connectivity index (χ1n) is 13.6. The van der Waals surface area contributed by atoms with E-state index in [1.54, 1.807) is 29.2 Å². The van der Waals surface area contributed by atoms with E-state index in [0.29, 0.717) is 35.8 Å². The molecule has 2 aliphatic rings. The van der Waals surface area contributed by atoms with Crippen molar-refractivity contribution in [3.63, 3.8) is 0 Å². The number of amides is 1. The molecule has 2 saturated heterocycles. The molecule has 0 saturated carbocycles. The van der Waals surface area contributed by atoms with Gasteiger partial charge in [0.2, 0.25) is 5.78 Å². The fourth-order valence-electron chi connectivity index (χ4n) is 4.94. The zero-order chi connectivity index (χ0) is 27.1. The van der Waals surface area contributed by atoms with Crippen LogP contribution < -0.4 is 19.5 Å². The van der Waals surface area contributed by atoms with Gasteiger partial charge in [0.15, 0.2) is 0 Å². The van der Waals surface area contributed by atoms with Crippen LogP contribution in [-0.2, 0) is 14.3 Å². The molecule has 0 radical (unpaired) electrons. The number of nitrogens with one attached hydrogen (secondary N) is 1. The van der Waals surface area contributed by atoms with Gasteiger partial charge in [-0.2, -0.15) is 0 Å². The summed E-state index contributed by atoms with van der Waals surface area (Å²) in [6.07, 6.45) is 1.62. The van der Waals surface area contributed by atoms with E-state index >= 15 is 0 Å². The lowest BCUT2D eigenvalue weighted by Gasteiger charge is -2.29. The summed E-state index contributed by atoms with van der Waals surface area (Å²) in [5.74, 6) is -0.434. The smallest absolute Gasteiger partial charge is 0.295 e. The highest BCUT2D eigenvalue weighted by atomic mass is 16.5. The number of morpholine rings is 1. The molecule has 8 heteroatoms. The molecule has 38 heavy (non-hydrogen) atoms. The minimum absolute atomic E-state index is 0.00604. The molecule has 0 spiro atoms. The minimum Gasteiger partial charge on any atom is -0.872 e. The van der Waals surface area contributed by atoms with Gasteiger partial charge in [-0.05, 0) is 55.7 Å². The van der Waals surface area contributed by atoms with Crippen LogP contribution >= 0.6 is 0 Å². The Morgan fingerprint density at radius 2 is 1.71 bits per heavy atom. The van der Waals surface area contributed by atoms with Crippen LogP contribution in [0.15, 0.2) is 54.1 Å². The van der Waals surface area contributed by atoms with Gasteiger partial charge >= 0.3 is 0 Å². The second-order valence-electron chi connectivity index (χ2n) is 10.0. The number of rotatable bonds is 11. The first-order chi connectivity index (χ1) is 18.4. The maximum absolute atomic E-state index is 13.7. The van der Waals surface area contributed by atoms with E-state index in [1.807, 2.05) is 45.0 Å². The molecule has 2 fully saturated rings. The van der Waals surface area contributed by atoms with E-state index in [4.69, 9.17) is 14.2 Å². The molecule has 2 aliphatic heterocycles. The summed E-state index contributed by atoms with van der Waals surface area (Å²) in [4.78, 5) is 29.5. The number of nitrogens with zero attached hydrogens (tertiary/aromatic N) is 1. The predicted molar refractivity (Wildman–Crippen MR) is 142 cm³/mol. The predicted octanol–water partition coefficient (Wildman–Crippen LogP) is 1.79. The van der Waals surface area contributed by atoms with Crippen molar-refractivity contribution in [3.8, 4) is 11.5 Å². The van der Waals surface area contributed by atoms with Crippen LogP contribution in [0.5, 0.6) is 11.5 Å². The van der Waals surface area contributed by atoms with Gasteiger partial charge in [-0.3, -0.25) is 9.59 Å². The van der Waals surface area contributed by atoms with Crippen LogP contribution in [0.3, 0.4) is 0 Å². The molecule has 4 rings (SSSR count). The zero-order valence-electron chi connectivity index (χ0n) is 22.5. The van der Waals surface area contributed by atoms with Crippen molar-refractivity contribution in [3.05, 3.63) is 65.2 Å². The lowest BCUT2D eigenvalue weighted by Crippen LogP contribution is -3.14. The average Bonchev–Trinajstić information content (AvgIpc) is 3.17. The molecule has 1 N–H and O–H groups in total. The largest absolute Gasteiger partial charge is 0.872 e. The van der Waals surface area contributed by atoms with Crippen molar-refractivity contribution < 1.29 is 33.8 Å². The maximum atomic E-state index is 13.7. The van der Waals surface area contributed by atoms with E-state index in [0.717, 1.165) is 45.7 Å². The Kier molecular flexibility index (Phi) is 9.42. The molecule has 204 valence electrons. The van der Waals surface area contributed by atoms with Gasteiger partial charge < -0.3 is 29.1 Å². The molecule has 0 bridgehead atoms. The summed E-state index contributed by atoms with van der Waals surface area (Å²) in [7, 11) is 0. The van der Waals surface area contributed by atoms with Crippen molar-refractivity contribution in [2.75, 3.05) is 46.0 Å². The molecular formula is C30H38N2O6. The monoisotopic (exact) mass is 522 g/mol. The lowest BCUT2D eigenvalue weighted by molar-refractivity contribution is -0.908. The fourth-order valence-corrected chi connectivity index (χ4v) is 4.94. The average molecular weight is 523 g/mol. The quantitative estimate of drug-likeness (QED) is 0.275. The third kappa shape index (κ3) is 6.55. The van der Waals surface area contributed by atoms with Crippen molar-refractivity contribution in [2.45, 2.75) is 45.8 Å². The van der Waals surface area contributed by atoms with Crippen LogP contribution in [0.4, 0.5) is 0 Å². The van der Waals surface area contributed by atoms with Crippen molar-refractivity contribution >= 4 is 17.4 Å². The lowest BCUT2D eigenvalue weighted by atomic mass is 9.95. The van der Waals surface area contributed by atoms with Gasteiger partial charge in [0, 0.05) is 18.5 Å². The normalized spacial score (nSPS) is 19.8. The Bertz CT molecular complexity index is 1120. The Morgan fingerprint density at radius 1 is 1.05 bits per heavy atom. The Morgan fingerprint density at radius 3 is 2.34 bits per heavy atom. The second kappa shape index (κ2) is 12.9. The van der Waals surface area contributed by atoms with Crippen molar-refractivity contribution in [2.24, 2.45) is 0 Å². The number of quaternary nitrogens is 1. The molecule has 2 heterocycles. The van der Waals surface area contributed by atoms with Gasteiger partial charge in [-0.15, -0.1) is 0 Å². The number of ether oxygens (including phenoxy) is 3. The number of carbonyl (C=O) groups is 2. The SMILES string of the molecule is CCCOc1ccc(/C([O-])=C2\C(=O)C(=O)N(CCC[NH+]3CCOCC3)C2c2ccc(OC(C)C)cc2)cc1. The molecule has 8 nitrogen and oxygen atoms in total. The number of ketones is 1. The summed E-state index contributed by atoms with van der Waals surface area (Å²) in [5, 5.41) is 13.7. The first kappa shape index (κ1) is 27.7. The summed E-state index contributed by atoms with van der Waals surface area (Å²) in [6, 6.07) is 13.3. The van der Waals surface area contributed by atoms with E-state index in [-0.39, 0.29) is 11.7 Å². The van der Waals surface area contributed by atoms with Crippen molar-refractivity contribution in [1.29, 1.82) is 0 Å². The fraction of sp³-hybridized carbons (Fsp3) is 0.467. The molecule has 2 aromatic carbocycles. The highest BCUT2D eigenvalue weighted by Crippen LogP contribution is 2.39. The summed E-state index contributed by atoms with van der Waals surface area (Å²) in [5.41, 5.74) is 1.06. The highest BCUT2D eigenvalue weighted by Gasteiger charge is 2.44. The topological polar surface area (TPSA) is 92.6 Å². The number of hydrogen-bond acceptors (Lipinski definition) is 6. The number of carbonyl (C=O) groups excluding carboxylic acids is 2. The Balaban J connectivity index is 1.64. The molecular weight excluding hydrogens is 484 g/mol. The molecule has 0 aliphatic carbocycles. The number of Topliss-reactive ketones (excluding diaryl/α,β-unsaturated/α-hetero) is 1. The summed E-state index contributed by atoms with van der Waals surface area (Å²) >= 11 is 0. The van der Waals surface area contributed by atoms with E-state index in [1.165, 1.54) is 4.90 Å². The second-order valence-corrected chi connectivity index (χ2v) is 10.0. The van der Waals surface area contributed by atoms with Gasteiger partial charge in [-0.25, -0.2) is 0 Å². The van der Waals surface area contributed by atoms with Crippen LogP contribution in [-0.4, -0.2) is 68.7 Å². The first-order valence-corrected chi connectivity index (χ1v) is 13.6. The van der Waals surface area contributed by atoms with Gasteiger partial charge in [-0.1, -0.05) is 36.9 Å². The number of benzene rings is 2. The Hall–Kier alpha value is -3.36. The van der Waals surface area contributed by atoms with Gasteiger partial charge in [0.05, 0.1) is 38.5 Å².